The van der Waals surface area contributed by atoms with Gasteiger partial charge in [0, 0.05) is 11.1 Å². The lowest BCUT2D eigenvalue weighted by atomic mass is 10.3. The highest BCUT2D eigenvalue weighted by molar-refractivity contribution is 6.35. The van der Waals surface area contributed by atoms with Gasteiger partial charge in [0.1, 0.15) is 0 Å². The standard InChI is InChI=1S/C11H8Cl2F2N4/c12-5-1-2-6(13)9(3-5)17-10-7(14)4-8(15)11(18-10)19-16/h1-4H,16H2,(H2,17,18,19). The van der Waals surface area contributed by atoms with Crippen molar-refractivity contribution in [3.8, 4) is 0 Å². The number of hydrogen-bond donors (Lipinski definition) is 3. The van der Waals surface area contributed by atoms with E-state index in [9.17, 15) is 8.78 Å². The zero-order valence-corrected chi connectivity index (χ0v) is 10.9. The summed E-state index contributed by atoms with van der Waals surface area (Å²) in [5, 5.41) is 3.34. The normalized spacial score (nSPS) is 10.4. The third-order valence-electron chi connectivity index (χ3n) is 2.25. The zero-order chi connectivity index (χ0) is 14.0. The van der Waals surface area contributed by atoms with Gasteiger partial charge in [-0.3, -0.25) is 0 Å². The number of pyridine rings is 1. The van der Waals surface area contributed by atoms with Crippen molar-refractivity contribution >= 4 is 40.5 Å². The van der Waals surface area contributed by atoms with E-state index in [-0.39, 0.29) is 11.6 Å². The molecule has 1 heterocycles. The Morgan fingerprint density at radius 3 is 2.42 bits per heavy atom. The molecule has 2 rings (SSSR count). The summed E-state index contributed by atoms with van der Waals surface area (Å²) in [5.41, 5.74) is 2.37. The molecule has 0 spiro atoms. The Bertz CT molecular complexity index is 622. The van der Waals surface area contributed by atoms with Crippen molar-refractivity contribution in [1.29, 1.82) is 0 Å². The quantitative estimate of drug-likeness (QED) is 0.598. The molecule has 0 saturated heterocycles. The molecule has 1 aromatic carbocycles. The zero-order valence-electron chi connectivity index (χ0n) is 9.35. The number of hydrogen-bond acceptors (Lipinski definition) is 4. The molecule has 0 saturated carbocycles. The average molecular weight is 305 g/mol. The molecule has 4 N–H and O–H groups in total. The number of nitrogen functional groups attached to an aromatic ring is 1. The number of rotatable bonds is 3. The van der Waals surface area contributed by atoms with Crippen LogP contribution in [0.25, 0.3) is 0 Å². The number of aromatic nitrogens is 1. The van der Waals surface area contributed by atoms with Crippen molar-refractivity contribution < 1.29 is 8.78 Å². The van der Waals surface area contributed by atoms with Crippen molar-refractivity contribution in [1.82, 2.24) is 4.98 Å². The molecule has 0 atom stereocenters. The van der Waals surface area contributed by atoms with E-state index in [4.69, 9.17) is 29.0 Å². The SMILES string of the molecule is NNc1nc(Nc2cc(Cl)ccc2Cl)c(F)cc1F. The lowest BCUT2D eigenvalue weighted by molar-refractivity contribution is 0.579. The molecule has 0 aliphatic carbocycles. The predicted octanol–water partition coefficient (Wildman–Crippen LogP) is 3.70. The highest BCUT2D eigenvalue weighted by Gasteiger charge is 2.12. The molecule has 100 valence electrons. The topological polar surface area (TPSA) is 63.0 Å². The number of nitrogens with two attached hydrogens (primary N) is 1. The van der Waals surface area contributed by atoms with Gasteiger partial charge in [0.05, 0.1) is 10.7 Å². The number of nitrogens with one attached hydrogen (secondary N) is 2. The lowest BCUT2D eigenvalue weighted by Crippen LogP contribution is -2.12. The highest BCUT2D eigenvalue weighted by atomic mass is 35.5. The second-order valence-corrected chi connectivity index (χ2v) is 4.39. The highest BCUT2D eigenvalue weighted by Crippen LogP contribution is 2.29. The Morgan fingerprint density at radius 1 is 1.05 bits per heavy atom. The van der Waals surface area contributed by atoms with Gasteiger partial charge < -0.3 is 10.7 Å². The Kier molecular flexibility index (Phi) is 4.04. The molecule has 8 heteroatoms. The molecule has 0 radical (unpaired) electrons. The summed E-state index contributed by atoms with van der Waals surface area (Å²) < 4.78 is 26.8. The van der Waals surface area contributed by atoms with Gasteiger partial charge in [-0.25, -0.2) is 19.6 Å². The first-order valence-electron chi connectivity index (χ1n) is 5.06. The van der Waals surface area contributed by atoms with Gasteiger partial charge in [-0.15, -0.1) is 0 Å². The van der Waals surface area contributed by atoms with Crippen molar-refractivity contribution in [3.63, 3.8) is 0 Å². The van der Waals surface area contributed by atoms with Crippen LogP contribution in [0.5, 0.6) is 0 Å². The molecule has 0 aliphatic rings. The Balaban J connectivity index is 2.40. The van der Waals surface area contributed by atoms with Gasteiger partial charge in [0.25, 0.3) is 0 Å². The van der Waals surface area contributed by atoms with E-state index in [1.54, 1.807) is 6.07 Å². The molecule has 19 heavy (non-hydrogen) atoms. The number of nitrogens with zero attached hydrogens (tertiary/aromatic N) is 1. The average Bonchev–Trinajstić information content (AvgIpc) is 2.37. The monoisotopic (exact) mass is 304 g/mol. The maximum atomic E-state index is 13.6. The Labute approximate surface area is 117 Å². The van der Waals surface area contributed by atoms with Crippen molar-refractivity contribution in [3.05, 3.63) is 45.9 Å². The fourth-order valence-corrected chi connectivity index (χ4v) is 1.71. The van der Waals surface area contributed by atoms with E-state index in [0.717, 1.165) is 0 Å². The first kappa shape index (κ1) is 13.8. The molecule has 0 fully saturated rings. The Hall–Kier alpha value is -1.63. The summed E-state index contributed by atoms with van der Waals surface area (Å²) in [7, 11) is 0. The van der Waals surface area contributed by atoms with Crippen LogP contribution in [0.2, 0.25) is 10.0 Å². The summed E-state index contributed by atoms with van der Waals surface area (Å²) in [5.74, 6) is 2.77. The first-order valence-corrected chi connectivity index (χ1v) is 5.81. The van der Waals surface area contributed by atoms with E-state index in [1.807, 2.05) is 5.43 Å². The maximum absolute atomic E-state index is 13.6. The maximum Gasteiger partial charge on any atom is 0.178 e. The summed E-state index contributed by atoms with van der Waals surface area (Å²) in [6, 6.07) is 5.26. The summed E-state index contributed by atoms with van der Waals surface area (Å²) in [6.45, 7) is 0. The van der Waals surface area contributed by atoms with E-state index in [1.165, 1.54) is 12.1 Å². The van der Waals surface area contributed by atoms with Crippen LogP contribution in [0.4, 0.5) is 26.1 Å². The van der Waals surface area contributed by atoms with Gasteiger partial charge in [-0.2, -0.15) is 0 Å². The second kappa shape index (κ2) is 5.56. The van der Waals surface area contributed by atoms with E-state index >= 15 is 0 Å². The minimum atomic E-state index is -0.900. The van der Waals surface area contributed by atoms with Crippen molar-refractivity contribution in [2.75, 3.05) is 10.7 Å². The molecule has 0 amide bonds. The molecular weight excluding hydrogens is 297 g/mol. The second-order valence-electron chi connectivity index (χ2n) is 3.54. The largest absolute Gasteiger partial charge is 0.336 e. The van der Waals surface area contributed by atoms with Gasteiger partial charge >= 0.3 is 0 Å². The number of halogens is 4. The van der Waals surface area contributed by atoms with Crippen LogP contribution >= 0.6 is 23.2 Å². The van der Waals surface area contributed by atoms with E-state index < -0.39 is 11.6 Å². The van der Waals surface area contributed by atoms with Crippen molar-refractivity contribution in [2.24, 2.45) is 5.84 Å². The molecule has 0 bridgehead atoms. The number of anilines is 3. The minimum Gasteiger partial charge on any atom is -0.336 e. The third kappa shape index (κ3) is 3.04. The van der Waals surface area contributed by atoms with E-state index in [0.29, 0.717) is 21.8 Å². The van der Waals surface area contributed by atoms with Crippen LogP contribution in [-0.4, -0.2) is 4.98 Å². The lowest BCUT2D eigenvalue weighted by Gasteiger charge is -2.10. The molecule has 4 nitrogen and oxygen atoms in total. The molecule has 1 aromatic heterocycles. The van der Waals surface area contributed by atoms with Crippen LogP contribution in [-0.2, 0) is 0 Å². The molecule has 0 aliphatic heterocycles. The third-order valence-corrected chi connectivity index (χ3v) is 2.81. The Morgan fingerprint density at radius 2 is 1.74 bits per heavy atom. The first-order chi connectivity index (χ1) is 9.01. The van der Waals surface area contributed by atoms with Crippen LogP contribution in [0, 0.1) is 11.6 Å². The summed E-state index contributed by atoms with van der Waals surface area (Å²) >= 11 is 11.7. The molecule has 2 aromatic rings. The number of benzene rings is 1. The smallest absolute Gasteiger partial charge is 0.178 e. The predicted molar refractivity (Wildman–Crippen MR) is 71.7 cm³/mol. The molecule has 0 unspecified atom stereocenters. The van der Waals surface area contributed by atoms with Gasteiger partial charge in [-0.1, -0.05) is 23.2 Å². The van der Waals surface area contributed by atoms with Crippen LogP contribution < -0.4 is 16.6 Å². The molecular formula is C11H8Cl2F2N4. The fourth-order valence-electron chi connectivity index (χ4n) is 1.38. The van der Waals surface area contributed by atoms with Gasteiger partial charge in [-0.05, 0) is 18.2 Å². The van der Waals surface area contributed by atoms with Crippen LogP contribution in [0.3, 0.4) is 0 Å². The van der Waals surface area contributed by atoms with Crippen LogP contribution in [0.15, 0.2) is 24.3 Å². The number of hydrazine groups is 1. The van der Waals surface area contributed by atoms with Gasteiger partial charge in [0.2, 0.25) is 0 Å². The van der Waals surface area contributed by atoms with Crippen molar-refractivity contribution in [2.45, 2.75) is 0 Å². The van der Waals surface area contributed by atoms with E-state index in [2.05, 4.69) is 10.3 Å². The fraction of sp³-hybridized carbons (Fsp3) is 0. The van der Waals surface area contributed by atoms with Gasteiger partial charge in [0.15, 0.2) is 23.3 Å². The summed E-state index contributed by atoms with van der Waals surface area (Å²) in [4.78, 5) is 3.66. The summed E-state index contributed by atoms with van der Waals surface area (Å²) in [6.07, 6.45) is 0. The minimum absolute atomic E-state index is 0.224. The van der Waals surface area contributed by atoms with Crippen LogP contribution in [0.1, 0.15) is 0 Å².